The molecule has 0 bridgehead atoms. The van der Waals surface area contributed by atoms with Crippen LogP contribution in [0.5, 0.6) is 0 Å². The number of hydrogen-bond acceptors (Lipinski definition) is 6. The summed E-state index contributed by atoms with van der Waals surface area (Å²) in [5.41, 5.74) is 5.77. The third-order valence-electron chi connectivity index (χ3n) is 3.00. The molecule has 114 valence electrons. The number of nitrogens with zero attached hydrogens (tertiary/aromatic N) is 3. The molecule has 0 aromatic carbocycles. The predicted octanol–water partition coefficient (Wildman–Crippen LogP) is 1.88. The van der Waals surface area contributed by atoms with Crippen LogP contribution in [0.15, 0.2) is 6.07 Å². The minimum absolute atomic E-state index is 0.293. The Bertz CT molecular complexity index is 405. The van der Waals surface area contributed by atoms with E-state index >= 15 is 0 Å². The summed E-state index contributed by atoms with van der Waals surface area (Å²) in [6.07, 6.45) is 1.04. The average molecular weight is 280 g/mol. The topological polar surface area (TPSA) is 79.1 Å². The molecule has 1 rings (SSSR count). The molecule has 0 saturated heterocycles. The highest BCUT2D eigenvalue weighted by Crippen LogP contribution is 2.16. The molecule has 4 N–H and O–H groups in total. The molecule has 0 radical (unpaired) electrons. The van der Waals surface area contributed by atoms with Crippen molar-refractivity contribution in [2.45, 2.75) is 33.2 Å². The van der Waals surface area contributed by atoms with Gasteiger partial charge in [-0.05, 0) is 26.4 Å². The van der Waals surface area contributed by atoms with Crippen LogP contribution >= 0.6 is 0 Å². The molecule has 1 atom stereocenters. The Kier molecular flexibility index (Phi) is 6.51. The van der Waals surface area contributed by atoms with Gasteiger partial charge in [0, 0.05) is 25.2 Å². The van der Waals surface area contributed by atoms with Crippen LogP contribution in [0.25, 0.3) is 0 Å². The van der Waals surface area contributed by atoms with Crippen molar-refractivity contribution in [1.29, 1.82) is 0 Å². The fourth-order valence-corrected chi connectivity index (χ4v) is 1.89. The molecule has 6 nitrogen and oxygen atoms in total. The molecule has 0 aliphatic heterocycles. The van der Waals surface area contributed by atoms with Gasteiger partial charge >= 0.3 is 0 Å². The summed E-state index contributed by atoms with van der Waals surface area (Å²) < 4.78 is 0. The highest BCUT2D eigenvalue weighted by atomic mass is 15.2. The third kappa shape index (κ3) is 5.61. The smallest absolute Gasteiger partial charge is 0.223 e. The molecule has 1 aromatic rings. The number of rotatable bonds is 8. The van der Waals surface area contributed by atoms with Gasteiger partial charge in [0.25, 0.3) is 0 Å². The standard InChI is InChI=1S/C14H28N6/c1-6-7-16-12-8-13(19-14(15)18-12)17-11(10(2)3)9-20(4)5/h8,10-11H,6-7,9H2,1-5H3,(H4,15,16,17,18,19). The minimum atomic E-state index is 0.293. The first-order valence-corrected chi connectivity index (χ1v) is 7.22. The maximum atomic E-state index is 5.77. The second-order valence-corrected chi connectivity index (χ2v) is 5.68. The van der Waals surface area contributed by atoms with Crippen molar-refractivity contribution >= 4 is 17.6 Å². The van der Waals surface area contributed by atoms with Crippen molar-refractivity contribution in [3.8, 4) is 0 Å². The summed E-state index contributed by atoms with van der Waals surface area (Å²) in [6.45, 7) is 8.33. The van der Waals surface area contributed by atoms with Crippen LogP contribution in [0, 0.1) is 5.92 Å². The summed E-state index contributed by atoms with van der Waals surface area (Å²) in [4.78, 5) is 10.6. The third-order valence-corrected chi connectivity index (χ3v) is 3.00. The monoisotopic (exact) mass is 280 g/mol. The summed E-state index contributed by atoms with van der Waals surface area (Å²) in [5, 5.41) is 6.69. The van der Waals surface area contributed by atoms with E-state index in [4.69, 9.17) is 5.73 Å². The molecule has 0 saturated carbocycles. The van der Waals surface area contributed by atoms with Crippen molar-refractivity contribution in [3.05, 3.63) is 6.07 Å². The van der Waals surface area contributed by atoms with E-state index in [1.807, 2.05) is 6.07 Å². The van der Waals surface area contributed by atoms with Crippen molar-refractivity contribution < 1.29 is 0 Å². The number of hydrogen-bond donors (Lipinski definition) is 3. The van der Waals surface area contributed by atoms with Crippen molar-refractivity contribution in [2.24, 2.45) is 5.92 Å². The largest absolute Gasteiger partial charge is 0.370 e. The molecule has 1 unspecified atom stereocenters. The van der Waals surface area contributed by atoms with E-state index in [2.05, 4.69) is 60.4 Å². The zero-order valence-electron chi connectivity index (χ0n) is 13.3. The maximum Gasteiger partial charge on any atom is 0.223 e. The van der Waals surface area contributed by atoms with Crippen LogP contribution in [-0.4, -0.2) is 48.1 Å². The van der Waals surface area contributed by atoms with Crippen LogP contribution in [0.2, 0.25) is 0 Å². The molecule has 0 fully saturated rings. The normalized spacial score (nSPS) is 12.8. The van der Waals surface area contributed by atoms with Gasteiger partial charge in [-0.25, -0.2) is 0 Å². The molecular weight excluding hydrogens is 252 g/mol. The van der Waals surface area contributed by atoms with Crippen LogP contribution in [-0.2, 0) is 0 Å². The predicted molar refractivity (Wildman–Crippen MR) is 86.0 cm³/mol. The lowest BCUT2D eigenvalue weighted by atomic mass is 10.0. The molecule has 0 aliphatic carbocycles. The van der Waals surface area contributed by atoms with Gasteiger partial charge < -0.3 is 21.3 Å². The van der Waals surface area contributed by atoms with Gasteiger partial charge in [-0.2, -0.15) is 9.97 Å². The second kappa shape index (κ2) is 7.89. The maximum absolute atomic E-state index is 5.77. The van der Waals surface area contributed by atoms with Gasteiger partial charge in [0.05, 0.1) is 0 Å². The lowest BCUT2D eigenvalue weighted by Gasteiger charge is -2.26. The molecule has 1 heterocycles. The van der Waals surface area contributed by atoms with Gasteiger partial charge in [-0.3, -0.25) is 0 Å². The lowest BCUT2D eigenvalue weighted by molar-refractivity contribution is 0.344. The number of nitrogen functional groups attached to an aromatic ring is 1. The second-order valence-electron chi connectivity index (χ2n) is 5.68. The Morgan fingerprint density at radius 2 is 1.90 bits per heavy atom. The van der Waals surface area contributed by atoms with E-state index in [9.17, 15) is 0 Å². The van der Waals surface area contributed by atoms with E-state index < -0.39 is 0 Å². The Labute approximate surface area is 122 Å². The van der Waals surface area contributed by atoms with Crippen LogP contribution in [0.3, 0.4) is 0 Å². The fourth-order valence-electron chi connectivity index (χ4n) is 1.89. The Morgan fingerprint density at radius 3 is 2.45 bits per heavy atom. The molecular formula is C14H28N6. The summed E-state index contributed by atoms with van der Waals surface area (Å²) in [6, 6.07) is 2.23. The van der Waals surface area contributed by atoms with E-state index in [0.717, 1.165) is 31.1 Å². The first-order valence-electron chi connectivity index (χ1n) is 7.22. The average Bonchev–Trinajstić information content (AvgIpc) is 2.34. The van der Waals surface area contributed by atoms with Crippen molar-refractivity contribution in [1.82, 2.24) is 14.9 Å². The number of anilines is 3. The molecule has 0 spiro atoms. The number of aromatic nitrogens is 2. The van der Waals surface area contributed by atoms with Gasteiger partial charge in [0.15, 0.2) is 0 Å². The lowest BCUT2D eigenvalue weighted by Crippen LogP contribution is -2.36. The van der Waals surface area contributed by atoms with Crippen molar-refractivity contribution in [2.75, 3.05) is 43.6 Å². The van der Waals surface area contributed by atoms with Crippen LogP contribution in [0.4, 0.5) is 17.6 Å². The molecule has 20 heavy (non-hydrogen) atoms. The zero-order chi connectivity index (χ0) is 15.1. The molecule has 1 aromatic heterocycles. The van der Waals surface area contributed by atoms with E-state index in [1.165, 1.54) is 0 Å². The van der Waals surface area contributed by atoms with Gasteiger partial charge in [0.1, 0.15) is 11.6 Å². The minimum Gasteiger partial charge on any atom is -0.370 e. The van der Waals surface area contributed by atoms with Gasteiger partial charge in [0.2, 0.25) is 5.95 Å². The summed E-state index contributed by atoms with van der Waals surface area (Å²) in [5.74, 6) is 2.34. The SMILES string of the molecule is CCCNc1cc(NC(CN(C)C)C(C)C)nc(N)n1. The summed E-state index contributed by atoms with van der Waals surface area (Å²) in [7, 11) is 4.14. The van der Waals surface area contributed by atoms with E-state index in [-0.39, 0.29) is 0 Å². The molecule has 6 heteroatoms. The number of nitrogens with one attached hydrogen (secondary N) is 2. The summed E-state index contributed by atoms with van der Waals surface area (Å²) >= 11 is 0. The Balaban J connectivity index is 2.80. The fraction of sp³-hybridized carbons (Fsp3) is 0.714. The molecule has 0 amide bonds. The van der Waals surface area contributed by atoms with E-state index in [1.54, 1.807) is 0 Å². The first kappa shape index (κ1) is 16.5. The number of likely N-dealkylation sites (N-methyl/N-ethyl adjacent to an activating group) is 1. The Morgan fingerprint density at radius 1 is 1.25 bits per heavy atom. The number of nitrogens with two attached hydrogens (primary N) is 1. The van der Waals surface area contributed by atoms with Crippen molar-refractivity contribution in [3.63, 3.8) is 0 Å². The van der Waals surface area contributed by atoms with Crippen LogP contribution in [0.1, 0.15) is 27.2 Å². The van der Waals surface area contributed by atoms with E-state index in [0.29, 0.717) is 17.9 Å². The zero-order valence-corrected chi connectivity index (χ0v) is 13.3. The molecule has 0 aliphatic rings. The Hall–Kier alpha value is -1.56. The first-order chi connectivity index (χ1) is 9.42. The highest BCUT2D eigenvalue weighted by Gasteiger charge is 2.15. The van der Waals surface area contributed by atoms with Gasteiger partial charge in [-0.15, -0.1) is 0 Å². The van der Waals surface area contributed by atoms with Crippen LogP contribution < -0.4 is 16.4 Å². The highest BCUT2D eigenvalue weighted by molar-refractivity contribution is 5.51. The quantitative estimate of drug-likeness (QED) is 0.675. The van der Waals surface area contributed by atoms with Gasteiger partial charge in [-0.1, -0.05) is 20.8 Å².